The van der Waals surface area contributed by atoms with Crippen molar-refractivity contribution in [3.05, 3.63) is 138 Å². The molecule has 8 rings (SSSR count). The third-order valence-electron chi connectivity index (χ3n) is 12.0. The van der Waals surface area contributed by atoms with Gasteiger partial charge in [0.2, 0.25) is 11.8 Å². The van der Waals surface area contributed by atoms with E-state index in [-0.39, 0.29) is 35.7 Å². The molecule has 0 spiro atoms. The van der Waals surface area contributed by atoms with Crippen molar-refractivity contribution >= 4 is 63.7 Å². The summed E-state index contributed by atoms with van der Waals surface area (Å²) in [7, 11) is 2.79. The number of rotatable bonds is 8. The normalized spacial score (nSPS) is 24.9. The Hall–Kier alpha value is -6.68. The number of carbonyl (C=O) groups excluding carboxylic acids is 4. The maximum Gasteiger partial charge on any atom is 0.301 e. The minimum atomic E-state index is -1.66. The molecule has 2 saturated heterocycles. The van der Waals surface area contributed by atoms with Crippen molar-refractivity contribution in [1.29, 1.82) is 0 Å². The topological polar surface area (TPSA) is 197 Å². The van der Waals surface area contributed by atoms with Gasteiger partial charge in [0, 0.05) is 37.2 Å². The molecule has 2 aliphatic carbocycles. The summed E-state index contributed by atoms with van der Waals surface area (Å²) in [4.78, 5) is 84.0. The first-order valence-electron chi connectivity index (χ1n) is 18.2. The minimum absolute atomic E-state index is 0.00610. The number of hydrogen-bond acceptors (Lipinski definition) is 11. The number of imide groups is 2. The van der Waals surface area contributed by atoms with Gasteiger partial charge in [0.25, 0.3) is 11.8 Å². The number of fused-ring (bicyclic) bond motifs is 4. The molecule has 6 atom stereocenters. The number of anilines is 3. The maximum absolute atomic E-state index is 15.3. The van der Waals surface area contributed by atoms with E-state index >= 15 is 4.79 Å². The Morgan fingerprint density at radius 1 is 0.879 bits per heavy atom. The van der Waals surface area contributed by atoms with Crippen molar-refractivity contribution in [3.8, 4) is 5.75 Å². The van der Waals surface area contributed by atoms with Gasteiger partial charge in [-0.25, -0.2) is 9.29 Å². The quantitative estimate of drug-likeness (QED) is 0.0846. The van der Waals surface area contributed by atoms with Gasteiger partial charge in [-0.2, -0.15) is 5.01 Å². The Balaban J connectivity index is 1.31. The Kier molecular flexibility index (Phi) is 9.06. The van der Waals surface area contributed by atoms with Crippen LogP contribution in [0.5, 0.6) is 5.75 Å². The van der Waals surface area contributed by atoms with E-state index in [1.54, 1.807) is 49.4 Å². The molecule has 2 N–H and O–H groups in total. The van der Waals surface area contributed by atoms with Crippen LogP contribution in [-0.4, -0.2) is 57.7 Å². The van der Waals surface area contributed by atoms with Gasteiger partial charge in [-0.05, 0) is 84.8 Å². The first kappa shape index (κ1) is 38.2. The van der Waals surface area contributed by atoms with Crippen LogP contribution in [0.15, 0.2) is 90.5 Å². The average molecular weight is 809 g/mol. The van der Waals surface area contributed by atoms with Gasteiger partial charge in [0.05, 0.1) is 44.4 Å². The summed E-state index contributed by atoms with van der Waals surface area (Å²) in [5, 5.41) is 36.3. The van der Waals surface area contributed by atoms with E-state index in [2.05, 4.69) is 5.43 Å². The fraction of sp³-hybridized carbons (Fsp3) is 0.268. The third kappa shape index (κ3) is 5.61. The Morgan fingerprint density at radius 2 is 1.52 bits per heavy atom. The van der Waals surface area contributed by atoms with Crippen LogP contribution >= 0.6 is 11.6 Å². The van der Waals surface area contributed by atoms with Crippen LogP contribution in [-0.2, 0) is 24.6 Å². The number of amides is 4. The largest absolute Gasteiger partial charge is 0.508 e. The smallest absolute Gasteiger partial charge is 0.301 e. The SMILES string of the molecule is Cc1cc([C@H]2C3=CC[C@@H]4C(=O)N(c5cc([N+](=O)[O-])c(N(C)C)c([N+](=O)[O-])c5)C(=O)[C@@H]4[C@@H]3C[C@H]3C(=O)N(Nc4ccc(F)cc4)C(=O)[C@@]23c2ccc(Cl)cc2)ccc1O. The average Bonchev–Trinajstić information content (AvgIpc) is 3.57. The summed E-state index contributed by atoms with van der Waals surface area (Å²) < 4.78 is 13.9. The molecule has 4 amide bonds. The molecule has 1 saturated carbocycles. The van der Waals surface area contributed by atoms with Crippen molar-refractivity contribution in [1.82, 2.24) is 5.01 Å². The fourth-order valence-electron chi connectivity index (χ4n) is 9.60. The summed E-state index contributed by atoms with van der Waals surface area (Å²) >= 11 is 6.34. The van der Waals surface area contributed by atoms with Crippen molar-refractivity contribution in [3.63, 3.8) is 0 Å². The summed E-state index contributed by atoms with van der Waals surface area (Å²) in [5.74, 6) is -8.38. The molecule has 17 heteroatoms. The van der Waals surface area contributed by atoms with Gasteiger partial charge in [-0.3, -0.25) is 44.8 Å². The molecule has 58 heavy (non-hydrogen) atoms. The molecule has 296 valence electrons. The number of benzene rings is 4. The predicted octanol–water partition coefficient (Wildman–Crippen LogP) is 6.57. The summed E-state index contributed by atoms with van der Waals surface area (Å²) in [5.41, 5.74) is 1.47. The molecular weight excluding hydrogens is 775 g/mol. The molecular formula is C41H34ClFN6O9. The van der Waals surface area contributed by atoms with E-state index in [1.807, 2.05) is 0 Å². The predicted molar refractivity (Wildman–Crippen MR) is 208 cm³/mol. The van der Waals surface area contributed by atoms with Crippen LogP contribution in [0.1, 0.15) is 35.4 Å². The molecule has 4 aliphatic rings. The number of aryl methyl sites for hydroxylation is 1. The highest BCUT2D eigenvalue weighted by Crippen LogP contribution is 2.64. The highest BCUT2D eigenvalue weighted by Gasteiger charge is 2.70. The summed E-state index contributed by atoms with van der Waals surface area (Å²) in [6.45, 7) is 1.68. The molecule has 15 nitrogen and oxygen atoms in total. The molecule has 0 aromatic heterocycles. The van der Waals surface area contributed by atoms with Crippen molar-refractivity contribution in [2.24, 2.45) is 23.7 Å². The highest BCUT2D eigenvalue weighted by molar-refractivity contribution is 6.30. The second kappa shape index (κ2) is 13.8. The fourth-order valence-corrected chi connectivity index (χ4v) is 9.72. The monoisotopic (exact) mass is 808 g/mol. The van der Waals surface area contributed by atoms with E-state index in [4.69, 9.17) is 11.6 Å². The van der Waals surface area contributed by atoms with Gasteiger partial charge in [0.15, 0.2) is 5.69 Å². The first-order valence-corrected chi connectivity index (χ1v) is 18.6. The van der Waals surface area contributed by atoms with E-state index in [0.717, 1.165) is 22.0 Å². The number of halogens is 2. The lowest BCUT2D eigenvalue weighted by Gasteiger charge is -2.50. The second-order valence-electron chi connectivity index (χ2n) is 15.2. The van der Waals surface area contributed by atoms with E-state index in [1.165, 1.54) is 49.3 Å². The molecule has 4 aromatic carbocycles. The number of hydrogen-bond donors (Lipinski definition) is 2. The number of phenolic OH excluding ortho intramolecular Hbond substituents is 1. The second-order valence-corrected chi connectivity index (χ2v) is 15.6. The molecule has 0 unspecified atom stereocenters. The lowest BCUT2D eigenvalue weighted by atomic mass is 9.49. The minimum Gasteiger partial charge on any atom is -0.508 e. The third-order valence-corrected chi connectivity index (χ3v) is 12.2. The van der Waals surface area contributed by atoms with Crippen LogP contribution in [0.2, 0.25) is 5.02 Å². The van der Waals surface area contributed by atoms with Gasteiger partial charge in [-0.1, -0.05) is 47.5 Å². The molecule has 3 fully saturated rings. The van der Waals surface area contributed by atoms with Crippen LogP contribution in [0.4, 0.5) is 32.8 Å². The summed E-state index contributed by atoms with van der Waals surface area (Å²) in [6.07, 6.45) is 1.71. The Bertz CT molecular complexity index is 2480. The zero-order chi connectivity index (χ0) is 41.5. The number of aromatic hydroxyl groups is 1. The van der Waals surface area contributed by atoms with E-state index < -0.39 is 85.7 Å². The van der Waals surface area contributed by atoms with Crippen molar-refractivity contribution in [2.75, 3.05) is 29.3 Å². The van der Waals surface area contributed by atoms with Crippen LogP contribution in [0.3, 0.4) is 0 Å². The molecule has 2 aliphatic heterocycles. The molecule has 2 heterocycles. The summed E-state index contributed by atoms with van der Waals surface area (Å²) in [6, 6.07) is 18.4. The van der Waals surface area contributed by atoms with Gasteiger partial charge in [-0.15, -0.1) is 0 Å². The van der Waals surface area contributed by atoms with Gasteiger partial charge >= 0.3 is 11.4 Å². The van der Waals surface area contributed by atoms with E-state index in [9.17, 15) is 44.1 Å². The van der Waals surface area contributed by atoms with Crippen molar-refractivity contribution in [2.45, 2.75) is 31.1 Å². The maximum atomic E-state index is 15.3. The zero-order valence-corrected chi connectivity index (χ0v) is 31.8. The van der Waals surface area contributed by atoms with Crippen LogP contribution < -0.4 is 15.2 Å². The number of carbonyl (C=O) groups is 4. The zero-order valence-electron chi connectivity index (χ0n) is 31.1. The van der Waals surface area contributed by atoms with Gasteiger partial charge in [0.1, 0.15) is 11.6 Å². The highest BCUT2D eigenvalue weighted by atomic mass is 35.5. The standard InChI is InChI=1S/C41H34ClFN6O9/c1-20-16-21(4-15-33(20)50)35-27-13-14-28-34(39(53)46(37(28)51)26-17-31(48(55)56)36(45(2)3)32(18-26)49(57)58)29(27)19-30-38(52)47(44-25-11-9-24(43)10-12-25)40(54)41(30,35)22-5-7-23(42)8-6-22/h4-13,15-18,28-30,34-35,44,50H,14,19H2,1-3H3/t28-,29+,30-,34-,35-,41+/m0/s1. The Morgan fingerprint density at radius 3 is 2.10 bits per heavy atom. The Labute approximate surface area is 334 Å². The molecule has 0 bridgehead atoms. The number of nitro groups is 2. The first-order chi connectivity index (χ1) is 27.6. The number of allylic oxidation sites excluding steroid dienone is 2. The number of phenols is 1. The lowest BCUT2D eigenvalue weighted by Crippen LogP contribution is -2.53. The van der Waals surface area contributed by atoms with Gasteiger partial charge < -0.3 is 10.0 Å². The van der Waals surface area contributed by atoms with E-state index in [0.29, 0.717) is 27.3 Å². The number of hydrazine groups is 1. The number of nitrogens with one attached hydrogen (secondary N) is 1. The molecule has 4 aromatic rings. The van der Waals surface area contributed by atoms with Crippen LogP contribution in [0.25, 0.3) is 0 Å². The van der Waals surface area contributed by atoms with Crippen molar-refractivity contribution < 1.29 is 38.5 Å². The number of nitrogens with zero attached hydrogens (tertiary/aromatic N) is 5. The number of nitro benzene ring substituents is 2. The molecule has 0 radical (unpaired) electrons. The van der Waals surface area contributed by atoms with Crippen LogP contribution in [0, 0.1) is 56.6 Å². The lowest BCUT2D eigenvalue weighted by molar-refractivity contribution is -0.392.